The van der Waals surface area contributed by atoms with Crippen LogP contribution < -0.4 is 10.1 Å². The summed E-state index contributed by atoms with van der Waals surface area (Å²) in [5.41, 5.74) is 3.81. The molecule has 0 fully saturated rings. The highest BCUT2D eigenvalue weighted by Crippen LogP contribution is 2.33. The van der Waals surface area contributed by atoms with Crippen LogP contribution in [0.2, 0.25) is 0 Å². The molecule has 2 nitrogen and oxygen atoms in total. The molecule has 0 saturated heterocycles. The number of rotatable bonds is 4. The van der Waals surface area contributed by atoms with Gasteiger partial charge in [0.2, 0.25) is 0 Å². The predicted octanol–water partition coefficient (Wildman–Crippen LogP) is 5.00. The summed E-state index contributed by atoms with van der Waals surface area (Å²) in [5, 5.41) is 3.58. The summed E-state index contributed by atoms with van der Waals surface area (Å²) in [4.78, 5) is 0. The third-order valence-electron chi connectivity index (χ3n) is 3.79. The number of benzene rings is 2. The van der Waals surface area contributed by atoms with Gasteiger partial charge < -0.3 is 10.1 Å². The summed E-state index contributed by atoms with van der Waals surface area (Å²) in [6.07, 6.45) is 1.00. The van der Waals surface area contributed by atoms with Gasteiger partial charge in [-0.05, 0) is 42.3 Å². The lowest BCUT2D eigenvalue weighted by Gasteiger charge is -2.16. The molecular formula is C17H17Br2NO. The molecule has 0 aromatic heterocycles. The van der Waals surface area contributed by atoms with E-state index in [1.165, 1.54) is 16.7 Å². The van der Waals surface area contributed by atoms with Gasteiger partial charge in [0.1, 0.15) is 5.75 Å². The van der Waals surface area contributed by atoms with Crippen LogP contribution in [-0.4, -0.2) is 6.61 Å². The summed E-state index contributed by atoms with van der Waals surface area (Å²) < 4.78 is 8.00. The smallest absolute Gasteiger partial charge is 0.127 e. The van der Waals surface area contributed by atoms with Gasteiger partial charge in [0.05, 0.1) is 6.61 Å². The summed E-state index contributed by atoms with van der Waals surface area (Å²) in [7, 11) is 0. The largest absolute Gasteiger partial charge is 0.493 e. The van der Waals surface area contributed by atoms with Crippen LogP contribution >= 0.6 is 31.9 Å². The number of fused-ring (bicyclic) bond motifs is 1. The van der Waals surface area contributed by atoms with Crippen LogP contribution in [0.5, 0.6) is 5.75 Å². The van der Waals surface area contributed by atoms with Crippen molar-refractivity contribution in [2.24, 2.45) is 0 Å². The first-order chi connectivity index (χ1) is 10.1. The quantitative estimate of drug-likeness (QED) is 0.765. The van der Waals surface area contributed by atoms with E-state index in [0.29, 0.717) is 6.04 Å². The highest BCUT2D eigenvalue weighted by atomic mass is 79.9. The van der Waals surface area contributed by atoms with Crippen molar-refractivity contribution < 1.29 is 4.74 Å². The van der Waals surface area contributed by atoms with E-state index in [9.17, 15) is 0 Å². The zero-order valence-electron chi connectivity index (χ0n) is 11.8. The minimum Gasteiger partial charge on any atom is -0.493 e. The third kappa shape index (κ3) is 3.50. The van der Waals surface area contributed by atoms with E-state index in [4.69, 9.17) is 4.74 Å². The van der Waals surface area contributed by atoms with E-state index in [0.717, 1.165) is 34.3 Å². The number of halogens is 2. The van der Waals surface area contributed by atoms with E-state index < -0.39 is 0 Å². The van der Waals surface area contributed by atoms with Crippen LogP contribution in [0.15, 0.2) is 45.3 Å². The molecule has 1 aliphatic heterocycles. The van der Waals surface area contributed by atoms with Crippen molar-refractivity contribution in [3.8, 4) is 5.75 Å². The Morgan fingerprint density at radius 2 is 1.90 bits per heavy atom. The molecule has 0 bridgehead atoms. The molecule has 0 aliphatic carbocycles. The Kier molecular flexibility index (Phi) is 4.67. The molecular weight excluding hydrogens is 394 g/mol. The summed E-state index contributed by atoms with van der Waals surface area (Å²) in [6, 6.07) is 13.0. The van der Waals surface area contributed by atoms with Crippen LogP contribution in [0.25, 0.3) is 0 Å². The van der Waals surface area contributed by atoms with Gasteiger partial charge in [0.15, 0.2) is 0 Å². The van der Waals surface area contributed by atoms with Crippen molar-refractivity contribution in [2.45, 2.75) is 25.9 Å². The highest BCUT2D eigenvalue weighted by Gasteiger charge is 2.17. The second-order valence-electron chi connectivity index (χ2n) is 5.31. The average molecular weight is 411 g/mol. The molecule has 0 radical (unpaired) electrons. The predicted molar refractivity (Wildman–Crippen MR) is 92.7 cm³/mol. The SMILES string of the molecule is C[C@@H](NCc1cc(Br)cc2c1OCC2)c1ccc(Br)cc1. The maximum absolute atomic E-state index is 5.77. The third-order valence-corrected chi connectivity index (χ3v) is 4.78. The lowest BCUT2D eigenvalue weighted by molar-refractivity contribution is 0.351. The standard InChI is InChI=1S/C17H17Br2NO/c1-11(12-2-4-15(18)5-3-12)20-10-14-9-16(19)8-13-6-7-21-17(13)14/h2-5,8-9,11,20H,6-7,10H2,1H3/t11-/m1/s1. The molecule has 0 amide bonds. The number of ether oxygens (including phenoxy) is 1. The van der Waals surface area contributed by atoms with Crippen molar-refractivity contribution in [1.82, 2.24) is 5.32 Å². The van der Waals surface area contributed by atoms with Crippen LogP contribution in [-0.2, 0) is 13.0 Å². The molecule has 2 aromatic carbocycles. The van der Waals surface area contributed by atoms with Crippen LogP contribution in [0, 0.1) is 0 Å². The topological polar surface area (TPSA) is 21.3 Å². The molecule has 3 rings (SSSR count). The van der Waals surface area contributed by atoms with Gasteiger partial charge >= 0.3 is 0 Å². The maximum atomic E-state index is 5.77. The van der Waals surface area contributed by atoms with Gasteiger partial charge in [-0.15, -0.1) is 0 Å². The Labute approximate surface area is 142 Å². The van der Waals surface area contributed by atoms with Crippen molar-refractivity contribution in [3.63, 3.8) is 0 Å². The molecule has 4 heteroatoms. The van der Waals surface area contributed by atoms with E-state index in [2.05, 4.69) is 80.5 Å². The number of hydrogen-bond acceptors (Lipinski definition) is 2. The second-order valence-corrected chi connectivity index (χ2v) is 7.14. The minimum atomic E-state index is 0.300. The van der Waals surface area contributed by atoms with Crippen molar-refractivity contribution in [2.75, 3.05) is 6.61 Å². The van der Waals surface area contributed by atoms with Crippen LogP contribution in [0.3, 0.4) is 0 Å². The Morgan fingerprint density at radius 3 is 2.67 bits per heavy atom. The second kappa shape index (κ2) is 6.51. The van der Waals surface area contributed by atoms with Crippen molar-refractivity contribution >= 4 is 31.9 Å². The fraction of sp³-hybridized carbons (Fsp3) is 0.294. The number of nitrogens with one attached hydrogen (secondary N) is 1. The van der Waals surface area contributed by atoms with Gasteiger partial charge in [-0.3, -0.25) is 0 Å². The zero-order chi connectivity index (χ0) is 14.8. The Balaban J connectivity index is 1.72. The van der Waals surface area contributed by atoms with Gasteiger partial charge in [0.25, 0.3) is 0 Å². The first kappa shape index (κ1) is 15.1. The summed E-state index contributed by atoms with van der Waals surface area (Å²) in [5.74, 6) is 1.06. The van der Waals surface area contributed by atoms with E-state index in [1.807, 2.05) is 0 Å². The first-order valence-electron chi connectivity index (χ1n) is 7.06. The van der Waals surface area contributed by atoms with Crippen LogP contribution in [0.4, 0.5) is 0 Å². The highest BCUT2D eigenvalue weighted by molar-refractivity contribution is 9.10. The van der Waals surface area contributed by atoms with Gasteiger partial charge in [-0.25, -0.2) is 0 Å². The maximum Gasteiger partial charge on any atom is 0.127 e. The molecule has 0 saturated carbocycles. The lowest BCUT2D eigenvalue weighted by Crippen LogP contribution is -2.18. The summed E-state index contributed by atoms with van der Waals surface area (Å²) in [6.45, 7) is 3.78. The molecule has 1 heterocycles. The fourth-order valence-corrected chi connectivity index (χ4v) is 3.43. The van der Waals surface area contributed by atoms with Crippen molar-refractivity contribution in [1.29, 1.82) is 0 Å². The molecule has 1 N–H and O–H groups in total. The minimum absolute atomic E-state index is 0.300. The molecule has 0 spiro atoms. The molecule has 1 aliphatic rings. The van der Waals surface area contributed by atoms with Crippen LogP contribution in [0.1, 0.15) is 29.7 Å². The number of hydrogen-bond donors (Lipinski definition) is 1. The van der Waals surface area contributed by atoms with Gasteiger partial charge in [-0.2, -0.15) is 0 Å². The zero-order valence-corrected chi connectivity index (χ0v) is 15.0. The van der Waals surface area contributed by atoms with Crippen molar-refractivity contribution in [3.05, 3.63) is 62.0 Å². The molecule has 21 heavy (non-hydrogen) atoms. The Bertz CT molecular complexity index is 640. The molecule has 110 valence electrons. The Hall–Kier alpha value is -0.840. The Morgan fingerprint density at radius 1 is 1.14 bits per heavy atom. The van der Waals surface area contributed by atoms with E-state index >= 15 is 0 Å². The lowest BCUT2D eigenvalue weighted by atomic mass is 10.1. The van der Waals surface area contributed by atoms with E-state index in [-0.39, 0.29) is 0 Å². The molecule has 0 unspecified atom stereocenters. The van der Waals surface area contributed by atoms with E-state index in [1.54, 1.807) is 0 Å². The summed E-state index contributed by atoms with van der Waals surface area (Å²) >= 11 is 7.06. The van der Waals surface area contributed by atoms with Gasteiger partial charge in [-0.1, -0.05) is 44.0 Å². The average Bonchev–Trinajstić information content (AvgIpc) is 2.93. The molecule has 1 atom stereocenters. The first-order valence-corrected chi connectivity index (χ1v) is 8.65. The molecule has 2 aromatic rings. The van der Waals surface area contributed by atoms with Gasteiger partial charge in [0, 0.05) is 33.5 Å². The monoisotopic (exact) mass is 409 g/mol. The normalized spacial score (nSPS) is 14.6. The fourth-order valence-electron chi connectivity index (χ4n) is 2.61.